The second-order valence-corrected chi connectivity index (χ2v) is 8.39. The van der Waals surface area contributed by atoms with E-state index in [1.807, 2.05) is 0 Å². The summed E-state index contributed by atoms with van der Waals surface area (Å²) in [6.07, 6.45) is 0. The van der Waals surface area contributed by atoms with Gasteiger partial charge in [0.1, 0.15) is 23.9 Å². The second-order valence-electron chi connectivity index (χ2n) is 6.60. The molecular weight excluding hydrogens is 346 g/mol. The number of hydrogen-bond donors (Lipinski definition) is 5. The largest absolute Gasteiger partial charge is 0.508 e. The summed E-state index contributed by atoms with van der Waals surface area (Å²) in [5.41, 5.74) is 0.554. The van der Waals surface area contributed by atoms with E-state index in [9.17, 15) is 24.6 Å². The van der Waals surface area contributed by atoms with Gasteiger partial charge in [0, 0.05) is 4.75 Å². The molecule has 3 rings (SSSR count). The van der Waals surface area contributed by atoms with E-state index in [2.05, 4.69) is 16.0 Å². The van der Waals surface area contributed by atoms with Gasteiger partial charge in [0.15, 0.2) is 0 Å². The van der Waals surface area contributed by atoms with Crippen molar-refractivity contribution >= 4 is 29.5 Å². The average Bonchev–Trinajstić information content (AvgIpc) is 2.85. The highest BCUT2D eigenvalue weighted by Gasteiger charge is 2.50. The van der Waals surface area contributed by atoms with Crippen LogP contribution in [0, 0.1) is 0 Å². The van der Waals surface area contributed by atoms with Gasteiger partial charge in [-0.15, -0.1) is 11.8 Å². The highest BCUT2D eigenvalue weighted by molar-refractivity contribution is 8.01. The average molecular weight is 365 g/mol. The summed E-state index contributed by atoms with van der Waals surface area (Å²) in [6.45, 7) is 3.57. The summed E-state index contributed by atoms with van der Waals surface area (Å²) in [5.74, 6) is -1.69. The molecule has 1 aromatic carbocycles. The van der Waals surface area contributed by atoms with Crippen molar-refractivity contribution in [3.63, 3.8) is 0 Å². The minimum Gasteiger partial charge on any atom is -0.508 e. The number of hydrogen-bond acceptors (Lipinski definition) is 6. The molecule has 0 saturated carbocycles. The van der Waals surface area contributed by atoms with Gasteiger partial charge in [-0.25, -0.2) is 0 Å². The molecule has 2 aliphatic heterocycles. The van der Waals surface area contributed by atoms with Crippen LogP contribution in [0.3, 0.4) is 0 Å². The van der Waals surface area contributed by atoms with Crippen LogP contribution in [-0.4, -0.2) is 50.2 Å². The van der Waals surface area contributed by atoms with Gasteiger partial charge in [-0.1, -0.05) is 12.1 Å². The Kier molecular flexibility index (Phi) is 4.38. The van der Waals surface area contributed by atoms with E-state index in [-0.39, 0.29) is 17.6 Å². The van der Waals surface area contributed by atoms with Crippen LogP contribution in [0.4, 0.5) is 0 Å². The van der Waals surface area contributed by atoms with E-state index < -0.39 is 34.2 Å². The Bertz CT molecular complexity index is 721. The molecule has 0 aromatic heterocycles. The number of piperazine rings is 1. The van der Waals surface area contributed by atoms with Crippen molar-refractivity contribution in [1.82, 2.24) is 16.0 Å². The minimum absolute atomic E-state index is 0.0673. The van der Waals surface area contributed by atoms with Crippen LogP contribution >= 0.6 is 11.8 Å². The van der Waals surface area contributed by atoms with E-state index in [4.69, 9.17) is 0 Å². The molecule has 2 amide bonds. The first-order valence-corrected chi connectivity index (χ1v) is 8.63. The maximum absolute atomic E-state index is 12.5. The van der Waals surface area contributed by atoms with Crippen LogP contribution in [0.2, 0.25) is 0 Å². The van der Waals surface area contributed by atoms with Crippen molar-refractivity contribution in [2.24, 2.45) is 0 Å². The Balaban J connectivity index is 1.75. The zero-order valence-electron chi connectivity index (χ0n) is 13.6. The SMILES string of the molecule is CC1(C)S[C@@H]([C@H]2NC(=O)[C@@H](c3ccc(O)cc3)NC2=O)N[C@H]1C(=O)O. The molecule has 2 saturated heterocycles. The lowest BCUT2D eigenvalue weighted by Crippen LogP contribution is -2.63. The maximum atomic E-state index is 12.5. The molecule has 2 aliphatic rings. The fourth-order valence-corrected chi connectivity index (χ4v) is 4.53. The summed E-state index contributed by atoms with van der Waals surface area (Å²) < 4.78 is -0.616. The number of amides is 2. The smallest absolute Gasteiger partial charge is 0.322 e. The summed E-state index contributed by atoms with van der Waals surface area (Å²) in [5, 5.41) is 26.4. The molecule has 0 unspecified atom stereocenters. The highest BCUT2D eigenvalue weighted by Crippen LogP contribution is 2.39. The maximum Gasteiger partial charge on any atom is 0.322 e. The standard InChI is InChI=1S/C16H19N3O5S/c1-16(2)11(15(23)24)19-14(25-16)10-13(22)17-9(12(21)18-10)7-3-5-8(20)6-4-7/h3-6,9-11,14,19-20H,1-2H3,(H,17,22)(H,18,21)(H,23,24)/t9-,10+,11+,14+/m1/s1. The molecule has 0 spiro atoms. The minimum atomic E-state index is -0.996. The Morgan fingerprint density at radius 1 is 1.12 bits per heavy atom. The predicted molar refractivity (Wildman–Crippen MR) is 90.9 cm³/mol. The van der Waals surface area contributed by atoms with Crippen LogP contribution < -0.4 is 16.0 Å². The normalized spacial score (nSPS) is 31.3. The van der Waals surface area contributed by atoms with Gasteiger partial charge >= 0.3 is 5.97 Å². The molecule has 9 heteroatoms. The van der Waals surface area contributed by atoms with E-state index in [1.54, 1.807) is 26.0 Å². The molecule has 0 bridgehead atoms. The number of phenolic OH excluding ortho intramolecular Hbond substituents is 1. The van der Waals surface area contributed by atoms with Gasteiger partial charge in [0.25, 0.3) is 0 Å². The summed E-state index contributed by atoms with van der Waals surface area (Å²) in [4.78, 5) is 36.3. The number of rotatable bonds is 3. The molecule has 5 N–H and O–H groups in total. The number of thioether (sulfide) groups is 1. The monoisotopic (exact) mass is 365 g/mol. The molecule has 4 atom stereocenters. The van der Waals surface area contributed by atoms with E-state index >= 15 is 0 Å². The van der Waals surface area contributed by atoms with Gasteiger partial charge in [0.2, 0.25) is 11.8 Å². The third-order valence-corrected chi connectivity index (χ3v) is 5.87. The first kappa shape index (κ1) is 17.6. The van der Waals surface area contributed by atoms with Crippen molar-refractivity contribution in [1.29, 1.82) is 0 Å². The van der Waals surface area contributed by atoms with E-state index in [0.717, 1.165) is 0 Å². The lowest BCUT2D eigenvalue weighted by molar-refractivity contribution is -0.140. The lowest BCUT2D eigenvalue weighted by Gasteiger charge is -2.32. The summed E-state index contributed by atoms with van der Waals surface area (Å²) >= 11 is 1.32. The number of aromatic hydroxyl groups is 1. The Morgan fingerprint density at radius 3 is 2.32 bits per heavy atom. The molecule has 134 valence electrons. The van der Waals surface area contributed by atoms with Gasteiger partial charge < -0.3 is 20.8 Å². The van der Waals surface area contributed by atoms with Crippen molar-refractivity contribution in [3.8, 4) is 5.75 Å². The molecule has 1 aromatic rings. The van der Waals surface area contributed by atoms with Crippen molar-refractivity contribution in [3.05, 3.63) is 29.8 Å². The Morgan fingerprint density at radius 2 is 1.76 bits per heavy atom. The van der Waals surface area contributed by atoms with Crippen molar-refractivity contribution < 1.29 is 24.6 Å². The molecule has 2 heterocycles. The third kappa shape index (κ3) is 3.29. The number of carboxylic acids is 1. The fraction of sp³-hybridized carbons (Fsp3) is 0.438. The Labute approximate surface area is 148 Å². The first-order chi connectivity index (χ1) is 11.7. The number of carboxylic acid groups (broad SMARTS) is 1. The number of aliphatic carboxylic acids is 1. The molecular formula is C16H19N3O5S. The quantitative estimate of drug-likeness (QED) is 0.508. The molecule has 2 fully saturated rings. The fourth-order valence-electron chi connectivity index (χ4n) is 3.04. The molecule has 8 nitrogen and oxygen atoms in total. The zero-order valence-corrected chi connectivity index (χ0v) is 14.5. The number of carbonyl (C=O) groups is 3. The van der Waals surface area contributed by atoms with Crippen LogP contribution in [0.1, 0.15) is 25.5 Å². The van der Waals surface area contributed by atoms with Crippen LogP contribution in [0.25, 0.3) is 0 Å². The van der Waals surface area contributed by atoms with Gasteiger partial charge in [-0.2, -0.15) is 0 Å². The van der Waals surface area contributed by atoms with Crippen LogP contribution in [-0.2, 0) is 14.4 Å². The number of nitrogens with one attached hydrogen (secondary N) is 3. The molecule has 0 aliphatic carbocycles. The van der Waals surface area contributed by atoms with Crippen LogP contribution in [0.5, 0.6) is 5.75 Å². The second kappa shape index (κ2) is 6.23. The summed E-state index contributed by atoms with van der Waals surface area (Å²) in [7, 11) is 0. The Hall–Kier alpha value is -2.26. The highest BCUT2D eigenvalue weighted by atomic mass is 32.2. The number of carbonyl (C=O) groups excluding carboxylic acids is 2. The van der Waals surface area contributed by atoms with Crippen molar-refractivity contribution in [2.75, 3.05) is 0 Å². The van der Waals surface area contributed by atoms with Crippen LogP contribution in [0.15, 0.2) is 24.3 Å². The zero-order chi connectivity index (χ0) is 18.4. The molecule has 25 heavy (non-hydrogen) atoms. The van der Waals surface area contributed by atoms with Gasteiger partial charge in [-0.3, -0.25) is 19.7 Å². The number of phenols is 1. The lowest BCUT2D eigenvalue weighted by atomic mass is 10.0. The van der Waals surface area contributed by atoms with E-state index in [1.165, 1.54) is 23.9 Å². The topological polar surface area (TPSA) is 128 Å². The molecule has 0 radical (unpaired) electrons. The van der Waals surface area contributed by atoms with E-state index in [0.29, 0.717) is 5.56 Å². The van der Waals surface area contributed by atoms with Crippen molar-refractivity contribution in [2.45, 2.75) is 42.1 Å². The van der Waals surface area contributed by atoms with Gasteiger partial charge in [-0.05, 0) is 31.5 Å². The van der Waals surface area contributed by atoms with Gasteiger partial charge in [0.05, 0.1) is 5.37 Å². The first-order valence-electron chi connectivity index (χ1n) is 7.75. The number of benzene rings is 1. The summed E-state index contributed by atoms with van der Waals surface area (Å²) in [6, 6.07) is 3.47. The predicted octanol–water partition coefficient (Wildman–Crippen LogP) is -0.0578. The third-order valence-electron chi connectivity index (χ3n) is 4.36.